The molecule has 2 aliphatic rings. The third kappa shape index (κ3) is 5.33. The van der Waals surface area contributed by atoms with Crippen LogP contribution in [0.2, 0.25) is 0 Å². The Morgan fingerprint density at radius 3 is 2.70 bits per heavy atom. The van der Waals surface area contributed by atoms with Crippen molar-refractivity contribution in [2.45, 2.75) is 44.8 Å². The first-order valence-electron chi connectivity index (χ1n) is 8.96. The minimum absolute atomic E-state index is 0.297. The standard InChI is InChI=1S/C19H28N2O2/c22-19(8-4-15-23-16-17-6-2-1-3-7-17)21-12-5-11-20(13-14-21)18-9-10-18/h1-3,6-7,18H,4-5,8-16H2. The van der Waals surface area contributed by atoms with E-state index in [2.05, 4.69) is 21.9 Å². The van der Waals surface area contributed by atoms with E-state index in [1.165, 1.54) is 18.4 Å². The molecule has 0 spiro atoms. The average Bonchev–Trinajstić information content (AvgIpc) is 3.41. The summed E-state index contributed by atoms with van der Waals surface area (Å²) in [6.07, 6.45) is 5.25. The monoisotopic (exact) mass is 316 g/mol. The molecule has 1 saturated carbocycles. The number of rotatable bonds is 7. The van der Waals surface area contributed by atoms with Gasteiger partial charge in [-0.15, -0.1) is 0 Å². The summed E-state index contributed by atoms with van der Waals surface area (Å²) in [5, 5.41) is 0. The van der Waals surface area contributed by atoms with E-state index in [9.17, 15) is 4.79 Å². The molecule has 1 heterocycles. The predicted molar refractivity (Wildman–Crippen MR) is 91.1 cm³/mol. The van der Waals surface area contributed by atoms with Crippen molar-refractivity contribution in [3.8, 4) is 0 Å². The molecule has 4 nitrogen and oxygen atoms in total. The Morgan fingerprint density at radius 2 is 1.91 bits per heavy atom. The molecule has 2 fully saturated rings. The Kier molecular flexibility index (Phi) is 6.06. The molecule has 3 rings (SSSR count). The zero-order chi connectivity index (χ0) is 15.9. The number of carbonyl (C=O) groups excluding carboxylic acids is 1. The lowest BCUT2D eigenvalue weighted by molar-refractivity contribution is -0.131. The zero-order valence-electron chi connectivity index (χ0n) is 14.0. The third-order valence-electron chi connectivity index (χ3n) is 4.74. The molecule has 1 aliphatic carbocycles. The van der Waals surface area contributed by atoms with Gasteiger partial charge in [-0.2, -0.15) is 0 Å². The maximum absolute atomic E-state index is 12.3. The topological polar surface area (TPSA) is 32.8 Å². The number of hydrogen-bond acceptors (Lipinski definition) is 3. The normalized spacial score (nSPS) is 19.6. The largest absolute Gasteiger partial charge is 0.377 e. The van der Waals surface area contributed by atoms with E-state index in [-0.39, 0.29) is 0 Å². The summed E-state index contributed by atoms with van der Waals surface area (Å²) >= 11 is 0. The Bertz CT molecular complexity index is 487. The Labute approximate surface area is 139 Å². The summed E-state index contributed by atoms with van der Waals surface area (Å²) in [5.41, 5.74) is 1.19. The number of amides is 1. The van der Waals surface area contributed by atoms with Crippen molar-refractivity contribution in [3.05, 3.63) is 35.9 Å². The van der Waals surface area contributed by atoms with E-state index in [4.69, 9.17) is 4.74 Å². The Morgan fingerprint density at radius 1 is 1.09 bits per heavy atom. The number of ether oxygens (including phenoxy) is 1. The molecule has 0 aromatic heterocycles. The van der Waals surface area contributed by atoms with Gasteiger partial charge in [-0.25, -0.2) is 0 Å². The second kappa shape index (κ2) is 8.46. The fourth-order valence-electron chi connectivity index (χ4n) is 3.24. The lowest BCUT2D eigenvalue weighted by Gasteiger charge is -2.21. The number of benzene rings is 1. The predicted octanol–water partition coefficient (Wildman–Crippen LogP) is 2.68. The van der Waals surface area contributed by atoms with Gasteiger partial charge in [0, 0.05) is 45.2 Å². The summed E-state index contributed by atoms with van der Waals surface area (Å²) in [4.78, 5) is 16.9. The highest BCUT2D eigenvalue weighted by molar-refractivity contribution is 5.76. The highest BCUT2D eigenvalue weighted by atomic mass is 16.5. The third-order valence-corrected chi connectivity index (χ3v) is 4.74. The maximum Gasteiger partial charge on any atom is 0.222 e. The van der Waals surface area contributed by atoms with E-state index in [0.717, 1.165) is 45.1 Å². The maximum atomic E-state index is 12.3. The van der Waals surface area contributed by atoms with Gasteiger partial charge in [0.15, 0.2) is 0 Å². The second-order valence-electron chi connectivity index (χ2n) is 6.64. The van der Waals surface area contributed by atoms with Gasteiger partial charge < -0.3 is 9.64 Å². The fraction of sp³-hybridized carbons (Fsp3) is 0.632. The van der Waals surface area contributed by atoms with Gasteiger partial charge >= 0.3 is 0 Å². The first-order valence-corrected chi connectivity index (χ1v) is 8.96. The van der Waals surface area contributed by atoms with E-state index in [1.807, 2.05) is 18.2 Å². The molecule has 1 amide bonds. The molecule has 126 valence electrons. The van der Waals surface area contributed by atoms with Gasteiger partial charge in [0.25, 0.3) is 0 Å². The fourth-order valence-corrected chi connectivity index (χ4v) is 3.24. The summed E-state index contributed by atoms with van der Waals surface area (Å²) in [5.74, 6) is 0.297. The molecular weight excluding hydrogens is 288 g/mol. The van der Waals surface area contributed by atoms with Crippen LogP contribution in [0.15, 0.2) is 30.3 Å². The smallest absolute Gasteiger partial charge is 0.222 e. The molecule has 0 unspecified atom stereocenters. The first kappa shape index (κ1) is 16.5. The van der Waals surface area contributed by atoms with Gasteiger partial charge in [-0.1, -0.05) is 30.3 Å². The van der Waals surface area contributed by atoms with Crippen LogP contribution in [0, 0.1) is 0 Å². The van der Waals surface area contributed by atoms with Crippen molar-refractivity contribution < 1.29 is 9.53 Å². The molecule has 1 aromatic carbocycles. The minimum atomic E-state index is 0.297. The summed E-state index contributed by atoms with van der Waals surface area (Å²) < 4.78 is 5.66. The van der Waals surface area contributed by atoms with Crippen LogP contribution in [0.4, 0.5) is 0 Å². The molecule has 1 saturated heterocycles. The van der Waals surface area contributed by atoms with Gasteiger partial charge in [-0.3, -0.25) is 9.69 Å². The Balaban J connectivity index is 1.29. The van der Waals surface area contributed by atoms with E-state index in [0.29, 0.717) is 25.5 Å². The molecule has 1 aromatic rings. The highest BCUT2D eigenvalue weighted by Crippen LogP contribution is 2.27. The van der Waals surface area contributed by atoms with Crippen molar-refractivity contribution in [1.82, 2.24) is 9.80 Å². The van der Waals surface area contributed by atoms with Gasteiger partial charge in [0.2, 0.25) is 5.91 Å². The number of hydrogen-bond donors (Lipinski definition) is 0. The summed E-state index contributed by atoms with van der Waals surface area (Å²) in [6.45, 7) is 5.33. The molecule has 0 radical (unpaired) electrons. The summed E-state index contributed by atoms with van der Waals surface area (Å²) in [7, 11) is 0. The number of nitrogens with zero attached hydrogens (tertiary/aromatic N) is 2. The minimum Gasteiger partial charge on any atom is -0.377 e. The van der Waals surface area contributed by atoms with E-state index in [1.54, 1.807) is 0 Å². The van der Waals surface area contributed by atoms with Crippen LogP contribution in [-0.4, -0.2) is 54.5 Å². The summed E-state index contributed by atoms with van der Waals surface area (Å²) in [6, 6.07) is 11.0. The van der Waals surface area contributed by atoms with Gasteiger partial charge in [-0.05, 0) is 31.2 Å². The molecule has 1 aliphatic heterocycles. The zero-order valence-corrected chi connectivity index (χ0v) is 14.0. The van der Waals surface area contributed by atoms with E-state index < -0.39 is 0 Å². The number of carbonyl (C=O) groups is 1. The molecule has 4 heteroatoms. The van der Waals surface area contributed by atoms with Crippen LogP contribution in [-0.2, 0) is 16.1 Å². The first-order chi connectivity index (χ1) is 11.3. The van der Waals surface area contributed by atoms with Crippen LogP contribution in [0.5, 0.6) is 0 Å². The van der Waals surface area contributed by atoms with Crippen LogP contribution in [0.1, 0.15) is 37.7 Å². The van der Waals surface area contributed by atoms with Crippen molar-refractivity contribution >= 4 is 5.91 Å². The van der Waals surface area contributed by atoms with Crippen molar-refractivity contribution in [3.63, 3.8) is 0 Å². The average molecular weight is 316 g/mol. The van der Waals surface area contributed by atoms with Crippen LogP contribution in [0.3, 0.4) is 0 Å². The molecular formula is C19H28N2O2. The van der Waals surface area contributed by atoms with Crippen molar-refractivity contribution in [2.24, 2.45) is 0 Å². The molecule has 23 heavy (non-hydrogen) atoms. The highest BCUT2D eigenvalue weighted by Gasteiger charge is 2.30. The van der Waals surface area contributed by atoms with E-state index >= 15 is 0 Å². The molecule has 0 N–H and O–H groups in total. The van der Waals surface area contributed by atoms with Crippen LogP contribution in [0.25, 0.3) is 0 Å². The lowest BCUT2D eigenvalue weighted by Crippen LogP contribution is -2.35. The lowest BCUT2D eigenvalue weighted by atomic mass is 10.2. The van der Waals surface area contributed by atoms with Gasteiger partial charge in [0.05, 0.1) is 6.61 Å². The van der Waals surface area contributed by atoms with Crippen molar-refractivity contribution in [2.75, 3.05) is 32.8 Å². The van der Waals surface area contributed by atoms with Crippen LogP contribution < -0.4 is 0 Å². The Hall–Kier alpha value is -1.39. The SMILES string of the molecule is O=C(CCCOCc1ccccc1)N1CCCN(C2CC2)CC1. The van der Waals surface area contributed by atoms with Gasteiger partial charge in [0.1, 0.15) is 0 Å². The van der Waals surface area contributed by atoms with Crippen molar-refractivity contribution in [1.29, 1.82) is 0 Å². The second-order valence-corrected chi connectivity index (χ2v) is 6.64. The molecule has 0 atom stereocenters. The quantitative estimate of drug-likeness (QED) is 0.725. The molecule has 0 bridgehead atoms. The van der Waals surface area contributed by atoms with Crippen LogP contribution >= 0.6 is 0 Å².